The van der Waals surface area contributed by atoms with Crippen LogP contribution in [-0.2, 0) is 14.8 Å². The van der Waals surface area contributed by atoms with Gasteiger partial charge in [-0.05, 0) is 47.0 Å². The van der Waals surface area contributed by atoms with E-state index in [-0.39, 0.29) is 23.5 Å². The first kappa shape index (κ1) is 17.9. The molecule has 1 amide bonds. The number of nitrogens with two attached hydrogens (primary N) is 1. The summed E-state index contributed by atoms with van der Waals surface area (Å²) in [5.41, 5.74) is 0. The van der Waals surface area contributed by atoms with Gasteiger partial charge >= 0.3 is 0 Å². The SMILES string of the molecule is CC(C)C(C)NC(=O)COc1ccc(S(N)(=O)=O)cc1Br. The van der Waals surface area contributed by atoms with Crippen molar-refractivity contribution in [3.63, 3.8) is 0 Å². The smallest absolute Gasteiger partial charge is 0.258 e. The Hall–Kier alpha value is -1.12. The van der Waals surface area contributed by atoms with Crippen molar-refractivity contribution in [2.45, 2.75) is 31.7 Å². The zero-order chi connectivity index (χ0) is 16.2. The largest absolute Gasteiger partial charge is 0.483 e. The lowest BCUT2D eigenvalue weighted by molar-refractivity contribution is -0.124. The van der Waals surface area contributed by atoms with Crippen LogP contribution in [0.4, 0.5) is 0 Å². The van der Waals surface area contributed by atoms with Crippen LogP contribution >= 0.6 is 15.9 Å². The minimum absolute atomic E-state index is 0.0281. The number of carbonyl (C=O) groups is 1. The second-order valence-electron chi connectivity index (χ2n) is 5.03. The lowest BCUT2D eigenvalue weighted by Crippen LogP contribution is -2.38. The van der Waals surface area contributed by atoms with Crippen molar-refractivity contribution in [2.24, 2.45) is 11.1 Å². The van der Waals surface area contributed by atoms with E-state index in [1.807, 2.05) is 20.8 Å². The zero-order valence-corrected chi connectivity index (χ0v) is 14.5. The standard InChI is InChI=1S/C13H19BrN2O4S/c1-8(2)9(3)16-13(17)7-20-12-5-4-10(6-11(12)14)21(15,18)19/h4-6,8-9H,7H2,1-3H3,(H,16,17)(H2,15,18,19). The highest BCUT2D eigenvalue weighted by Crippen LogP contribution is 2.27. The van der Waals surface area contributed by atoms with Crippen LogP contribution in [0.1, 0.15) is 20.8 Å². The Morgan fingerprint density at radius 1 is 1.38 bits per heavy atom. The molecule has 8 heteroatoms. The van der Waals surface area contributed by atoms with E-state index in [4.69, 9.17) is 9.88 Å². The van der Waals surface area contributed by atoms with Crippen LogP contribution < -0.4 is 15.2 Å². The molecular weight excluding hydrogens is 360 g/mol. The number of sulfonamides is 1. The summed E-state index contributed by atoms with van der Waals surface area (Å²) >= 11 is 3.19. The lowest BCUT2D eigenvalue weighted by Gasteiger charge is -2.17. The Morgan fingerprint density at radius 2 is 2.00 bits per heavy atom. The van der Waals surface area contributed by atoms with Crippen LogP contribution in [0.2, 0.25) is 0 Å². The molecular formula is C13H19BrN2O4S. The molecule has 1 atom stereocenters. The van der Waals surface area contributed by atoms with Crippen molar-refractivity contribution in [2.75, 3.05) is 6.61 Å². The summed E-state index contributed by atoms with van der Waals surface area (Å²) in [6, 6.07) is 4.15. The second-order valence-corrected chi connectivity index (χ2v) is 7.44. The molecule has 0 bridgehead atoms. The summed E-state index contributed by atoms with van der Waals surface area (Å²) in [6.07, 6.45) is 0. The van der Waals surface area contributed by atoms with Gasteiger partial charge in [-0.25, -0.2) is 13.6 Å². The monoisotopic (exact) mass is 378 g/mol. The van der Waals surface area contributed by atoms with Crippen LogP contribution in [0.5, 0.6) is 5.75 Å². The molecule has 0 radical (unpaired) electrons. The third-order valence-corrected chi connectivity index (χ3v) is 4.51. The molecule has 0 aromatic heterocycles. The van der Waals surface area contributed by atoms with E-state index in [0.717, 1.165) is 0 Å². The predicted molar refractivity (Wildman–Crippen MR) is 83.5 cm³/mol. The number of nitrogens with one attached hydrogen (secondary N) is 1. The third kappa shape index (κ3) is 5.64. The molecule has 0 heterocycles. The number of benzene rings is 1. The maximum atomic E-state index is 11.7. The molecule has 3 N–H and O–H groups in total. The molecule has 118 valence electrons. The molecule has 21 heavy (non-hydrogen) atoms. The van der Waals surface area contributed by atoms with Crippen LogP contribution in [0.15, 0.2) is 27.6 Å². The fraction of sp³-hybridized carbons (Fsp3) is 0.462. The van der Waals surface area contributed by atoms with Gasteiger partial charge in [0.2, 0.25) is 10.0 Å². The van der Waals surface area contributed by atoms with Gasteiger partial charge in [0.05, 0.1) is 9.37 Å². The van der Waals surface area contributed by atoms with Gasteiger partial charge in [0.25, 0.3) is 5.91 Å². The number of halogens is 1. The Labute approximate surface area is 133 Å². The van der Waals surface area contributed by atoms with Crippen molar-refractivity contribution in [1.82, 2.24) is 5.32 Å². The van der Waals surface area contributed by atoms with E-state index in [1.165, 1.54) is 18.2 Å². The van der Waals surface area contributed by atoms with Crippen LogP contribution in [0, 0.1) is 5.92 Å². The van der Waals surface area contributed by atoms with Gasteiger partial charge in [-0.1, -0.05) is 13.8 Å². The minimum atomic E-state index is -3.76. The maximum Gasteiger partial charge on any atom is 0.258 e. The molecule has 0 fully saturated rings. The number of primary sulfonamides is 1. The van der Waals surface area contributed by atoms with Gasteiger partial charge in [-0.15, -0.1) is 0 Å². The van der Waals surface area contributed by atoms with Gasteiger partial charge in [0.1, 0.15) is 5.75 Å². The van der Waals surface area contributed by atoms with Crippen molar-refractivity contribution in [3.05, 3.63) is 22.7 Å². The summed E-state index contributed by atoms with van der Waals surface area (Å²) in [5.74, 6) is 0.461. The van der Waals surface area contributed by atoms with Crippen molar-refractivity contribution < 1.29 is 17.9 Å². The average molecular weight is 379 g/mol. The third-order valence-electron chi connectivity index (χ3n) is 2.98. The van der Waals surface area contributed by atoms with E-state index in [2.05, 4.69) is 21.2 Å². The highest BCUT2D eigenvalue weighted by Gasteiger charge is 2.14. The molecule has 1 unspecified atom stereocenters. The molecule has 0 aliphatic heterocycles. The minimum Gasteiger partial charge on any atom is -0.483 e. The molecule has 0 spiro atoms. The Balaban J connectivity index is 2.67. The van der Waals surface area contributed by atoms with Crippen molar-refractivity contribution in [1.29, 1.82) is 0 Å². The fourth-order valence-electron chi connectivity index (χ4n) is 1.38. The first-order valence-corrected chi connectivity index (χ1v) is 8.69. The van der Waals surface area contributed by atoms with E-state index < -0.39 is 10.0 Å². The maximum absolute atomic E-state index is 11.7. The summed E-state index contributed by atoms with van der Waals surface area (Å²) in [7, 11) is -3.76. The molecule has 0 aliphatic rings. The summed E-state index contributed by atoms with van der Waals surface area (Å²) in [6.45, 7) is 5.78. The first-order chi connectivity index (χ1) is 9.61. The van der Waals surface area contributed by atoms with Gasteiger partial charge in [0.15, 0.2) is 6.61 Å². The van der Waals surface area contributed by atoms with Gasteiger partial charge < -0.3 is 10.1 Å². The van der Waals surface area contributed by atoms with Crippen LogP contribution in [0.3, 0.4) is 0 Å². The average Bonchev–Trinajstić information content (AvgIpc) is 2.35. The number of carbonyl (C=O) groups excluding carboxylic acids is 1. The van der Waals surface area contributed by atoms with E-state index in [0.29, 0.717) is 16.1 Å². The van der Waals surface area contributed by atoms with Gasteiger partial charge in [-0.2, -0.15) is 0 Å². The molecule has 1 aromatic rings. The number of rotatable bonds is 6. The van der Waals surface area contributed by atoms with Crippen LogP contribution in [-0.4, -0.2) is 27.0 Å². The molecule has 6 nitrogen and oxygen atoms in total. The number of hydrogen-bond donors (Lipinski definition) is 2. The van der Waals surface area contributed by atoms with Gasteiger partial charge in [0, 0.05) is 6.04 Å². The first-order valence-electron chi connectivity index (χ1n) is 6.35. The summed E-state index contributed by atoms with van der Waals surface area (Å²) < 4.78 is 28.2. The number of ether oxygens (including phenoxy) is 1. The topological polar surface area (TPSA) is 98.5 Å². The van der Waals surface area contributed by atoms with Gasteiger partial charge in [-0.3, -0.25) is 4.79 Å². The quantitative estimate of drug-likeness (QED) is 0.785. The van der Waals surface area contributed by atoms with Crippen molar-refractivity contribution in [3.8, 4) is 5.75 Å². The molecule has 0 aliphatic carbocycles. The summed E-state index contributed by atoms with van der Waals surface area (Å²) in [5, 5.41) is 7.84. The van der Waals surface area contributed by atoms with Crippen molar-refractivity contribution >= 4 is 31.9 Å². The predicted octanol–water partition coefficient (Wildman–Crippen LogP) is 1.64. The highest BCUT2D eigenvalue weighted by molar-refractivity contribution is 9.10. The molecule has 1 aromatic carbocycles. The van der Waals surface area contributed by atoms with E-state index >= 15 is 0 Å². The molecule has 1 rings (SSSR count). The lowest BCUT2D eigenvalue weighted by atomic mass is 10.1. The highest BCUT2D eigenvalue weighted by atomic mass is 79.9. The Kier molecular flexibility index (Phi) is 6.18. The molecule has 0 saturated carbocycles. The Morgan fingerprint density at radius 3 is 2.48 bits per heavy atom. The fourth-order valence-corrected chi connectivity index (χ4v) is 2.57. The van der Waals surface area contributed by atoms with Crippen LogP contribution in [0.25, 0.3) is 0 Å². The zero-order valence-electron chi connectivity index (χ0n) is 12.1. The molecule has 0 saturated heterocycles. The number of hydrogen-bond acceptors (Lipinski definition) is 4. The number of amides is 1. The Bertz CT molecular complexity index is 617. The van der Waals surface area contributed by atoms with E-state index in [9.17, 15) is 13.2 Å². The normalized spacial score (nSPS) is 13.0. The second kappa shape index (κ2) is 7.24. The summed E-state index contributed by atoms with van der Waals surface area (Å²) in [4.78, 5) is 11.7. The van der Waals surface area contributed by atoms with E-state index in [1.54, 1.807) is 0 Å².